The second kappa shape index (κ2) is 9.72. The molecule has 3 aromatic carbocycles. The highest BCUT2D eigenvalue weighted by Crippen LogP contribution is 2.35. The summed E-state index contributed by atoms with van der Waals surface area (Å²) in [4.78, 5) is 34.7. The minimum absolute atomic E-state index is 0.00673. The molecule has 0 radical (unpaired) electrons. The van der Waals surface area contributed by atoms with Crippen LogP contribution in [0.25, 0.3) is 10.9 Å². The molecular weight excluding hydrogens is 448 g/mol. The molecule has 8 heteroatoms. The lowest BCUT2D eigenvalue weighted by molar-refractivity contribution is -0.736. The highest BCUT2D eigenvalue weighted by Gasteiger charge is 2.51. The smallest absolute Gasteiger partial charge is 0.406 e. The molecule has 176 valence electrons. The minimum Gasteiger partial charge on any atom is -0.460 e. The number of nitrogens with one attached hydrogen (secondary N) is 1. The van der Waals surface area contributed by atoms with Crippen molar-refractivity contribution in [1.82, 2.24) is 4.98 Å². The van der Waals surface area contributed by atoms with Crippen molar-refractivity contribution in [3.63, 3.8) is 0 Å². The van der Waals surface area contributed by atoms with Crippen LogP contribution in [0, 0.1) is 5.21 Å². The molecule has 0 saturated heterocycles. The summed E-state index contributed by atoms with van der Waals surface area (Å²) in [5.41, 5.74) is 2.59. The number of carbonyl (C=O) groups excluding carboxylic acids is 2. The molecule has 0 unspecified atom stereocenters. The fourth-order valence-corrected chi connectivity index (χ4v) is 4.13. The average molecular weight is 470 g/mol. The van der Waals surface area contributed by atoms with E-state index in [1.807, 2.05) is 72.8 Å². The first kappa shape index (κ1) is 22.2. The number of esters is 2. The number of rotatable bonds is 7. The topological polar surface area (TPSA) is 104 Å². The van der Waals surface area contributed by atoms with Gasteiger partial charge in [-0.2, -0.15) is 0 Å². The van der Waals surface area contributed by atoms with Gasteiger partial charge in [-0.05, 0) is 22.8 Å². The standard InChI is InChI=1S/C27H22N2O6/c30-26(33-16-18-9-3-1-4-10-18)24-23(21-15-28-22-14-8-7-13-20(21)22)25(35-29(24)32)27(31)34-17-19-11-5-2-6-12-19/h1-15,23,25,28H,16-17H2/t23-,25-/m1/s1. The molecule has 1 aliphatic heterocycles. The summed E-state index contributed by atoms with van der Waals surface area (Å²) >= 11 is 0. The summed E-state index contributed by atoms with van der Waals surface area (Å²) in [6, 6.07) is 25.7. The first-order chi connectivity index (χ1) is 17.1. The van der Waals surface area contributed by atoms with Crippen LogP contribution in [0.5, 0.6) is 0 Å². The molecule has 35 heavy (non-hydrogen) atoms. The normalized spacial score (nSPS) is 17.3. The molecule has 1 aromatic heterocycles. The van der Waals surface area contributed by atoms with Crippen molar-refractivity contribution in [2.75, 3.05) is 0 Å². The highest BCUT2D eigenvalue weighted by atomic mass is 16.9. The molecule has 0 spiro atoms. The Morgan fingerprint density at radius 2 is 1.46 bits per heavy atom. The van der Waals surface area contributed by atoms with Gasteiger partial charge in [0.2, 0.25) is 0 Å². The number of aromatic nitrogens is 1. The number of H-pyrrole nitrogens is 1. The minimum atomic E-state index is -1.35. The summed E-state index contributed by atoms with van der Waals surface area (Å²) in [7, 11) is 0. The highest BCUT2D eigenvalue weighted by molar-refractivity contribution is 6.37. The number of nitrogens with zero attached hydrogens (tertiary/aromatic N) is 1. The molecular formula is C27H22N2O6. The zero-order valence-corrected chi connectivity index (χ0v) is 18.6. The van der Waals surface area contributed by atoms with Gasteiger partial charge in [-0.25, -0.2) is 4.79 Å². The molecule has 8 nitrogen and oxygen atoms in total. The molecule has 1 N–H and O–H groups in total. The predicted octanol–water partition coefficient (Wildman–Crippen LogP) is 4.00. The Morgan fingerprint density at radius 1 is 0.857 bits per heavy atom. The number of hydrogen-bond donors (Lipinski definition) is 1. The first-order valence-corrected chi connectivity index (χ1v) is 11.1. The van der Waals surface area contributed by atoms with Crippen LogP contribution in [0.4, 0.5) is 0 Å². The van der Waals surface area contributed by atoms with Crippen molar-refractivity contribution < 1.29 is 28.8 Å². The Hall–Kier alpha value is -4.59. The first-order valence-electron chi connectivity index (χ1n) is 11.1. The third kappa shape index (κ3) is 4.59. The van der Waals surface area contributed by atoms with Gasteiger partial charge in [-0.1, -0.05) is 78.9 Å². The lowest BCUT2D eigenvalue weighted by Crippen LogP contribution is -2.34. The van der Waals surface area contributed by atoms with E-state index in [4.69, 9.17) is 14.3 Å². The fourth-order valence-electron chi connectivity index (χ4n) is 4.13. The lowest BCUT2D eigenvalue weighted by Gasteiger charge is -2.17. The molecule has 4 aromatic rings. The maximum absolute atomic E-state index is 13.1. The van der Waals surface area contributed by atoms with Crippen LogP contribution >= 0.6 is 0 Å². The van der Waals surface area contributed by atoms with Crippen molar-refractivity contribution in [2.45, 2.75) is 25.2 Å². The van der Waals surface area contributed by atoms with E-state index < -0.39 is 24.0 Å². The predicted molar refractivity (Wildman–Crippen MR) is 127 cm³/mol. The second-order valence-corrected chi connectivity index (χ2v) is 8.09. The summed E-state index contributed by atoms with van der Waals surface area (Å²) in [5, 5.41) is 13.6. The van der Waals surface area contributed by atoms with Crippen LogP contribution in [0.2, 0.25) is 0 Å². The number of benzene rings is 3. The fraction of sp³-hybridized carbons (Fsp3) is 0.148. The number of aromatic amines is 1. The zero-order valence-electron chi connectivity index (χ0n) is 18.6. The maximum atomic E-state index is 13.1. The van der Waals surface area contributed by atoms with Crippen LogP contribution < -0.4 is 0 Å². The van der Waals surface area contributed by atoms with E-state index in [0.29, 0.717) is 5.56 Å². The Kier molecular flexibility index (Phi) is 6.17. The van der Waals surface area contributed by atoms with E-state index in [9.17, 15) is 14.8 Å². The van der Waals surface area contributed by atoms with Crippen LogP contribution in [-0.4, -0.2) is 33.6 Å². The summed E-state index contributed by atoms with van der Waals surface area (Å²) in [5.74, 6) is -2.64. The van der Waals surface area contributed by atoms with Gasteiger partial charge >= 0.3 is 17.7 Å². The third-order valence-corrected chi connectivity index (χ3v) is 5.84. The molecule has 0 aliphatic carbocycles. The quantitative estimate of drug-likeness (QED) is 0.323. The van der Waals surface area contributed by atoms with Gasteiger partial charge in [-0.3, -0.25) is 10.0 Å². The molecule has 0 amide bonds. The third-order valence-electron chi connectivity index (χ3n) is 5.84. The van der Waals surface area contributed by atoms with Crippen LogP contribution in [-0.2, 0) is 37.1 Å². The van der Waals surface area contributed by atoms with Gasteiger partial charge in [-0.15, -0.1) is 0 Å². The summed E-state index contributed by atoms with van der Waals surface area (Å²) in [6.07, 6.45) is 0.314. The Labute approximate surface area is 200 Å². The van der Waals surface area contributed by atoms with Crippen LogP contribution in [0.3, 0.4) is 0 Å². The number of hydrogen-bond acceptors (Lipinski definition) is 6. The maximum Gasteiger partial charge on any atom is 0.406 e. The zero-order chi connectivity index (χ0) is 24.2. The average Bonchev–Trinajstić information content (AvgIpc) is 3.47. The SMILES string of the molecule is O=C(OCc1ccccc1)C1=[N+]([O-])O[C@@H](C(=O)OCc2ccccc2)[C@@H]1c1c[nH]c2ccccc12. The monoisotopic (exact) mass is 470 g/mol. The van der Waals surface area contributed by atoms with E-state index in [1.54, 1.807) is 18.3 Å². The largest absolute Gasteiger partial charge is 0.460 e. The van der Waals surface area contributed by atoms with E-state index in [0.717, 1.165) is 22.0 Å². The van der Waals surface area contributed by atoms with Crippen molar-refractivity contribution >= 4 is 28.6 Å². The van der Waals surface area contributed by atoms with Crippen molar-refractivity contribution in [3.05, 3.63) is 113 Å². The summed E-state index contributed by atoms with van der Waals surface area (Å²) < 4.78 is 10.9. The number of carbonyl (C=O) groups is 2. The number of para-hydroxylation sites is 1. The number of ether oxygens (including phenoxy) is 2. The van der Waals surface area contributed by atoms with Gasteiger partial charge < -0.3 is 19.3 Å². The second-order valence-electron chi connectivity index (χ2n) is 8.09. The van der Waals surface area contributed by atoms with E-state index in [-0.39, 0.29) is 23.8 Å². The Bertz CT molecular complexity index is 1380. The van der Waals surface area contributed by atoms with E-state index in [1.165, 1.54) is 0 Å². The van der Waals surface area contributed by atoms with Crippen molar-refractivity contribution in [2.24, 2.45) is 0 Å². The summed E-state index contributed by atoms with van der Waals surface area (Å²) in [6.45, 7) is -0.0203. The molecule has 0 fully saturated rings. The van der Waals surface area contributed by atoms with Crippen LogP contribution in [0.1, 0.15) is 22.6 Å². The Morgan fingerprint density at radius 3 is 2.14 bits per heavy atom. The van der Waals surface area contributed by atoms with Gasteiger partial charge in [0.05, 0.1) is 4.90 Å². The van der Waals surface area contributed by atoms with Crippen molar-refractivity contribution in [3.8, 4) is 0 Å². The molecule has 2 atom stereocenters. The van der Waals surface area contributed by atoms with Crippen molar-refractivity contribution in [1.29, 1.82) is 0 Å². The Balaban J connectivity index is 1.43. The lowest BCUT2D eigenvalue weighted by atomic mass is 9.89. The van der Waals surface area contributed by atoms with Gasteiger partial charge in [0.1, 0.15) is 19.1 Å². The molecule has 0 bridgehead atoms. The van der Waals surface area contributed by atoms with E-state index in [2.05, 4.69) is 4.98 Å². The van der Waals surface area contributed by atoms with Crippen LogP contribution in [0.15, 0.2) is 91.1 Å². The molecule has 0 saturated carbocycles. The molecule has 1 aliphatic rings. The van der Waals surface area contributed by atoms with Gasteiger partial charge in [0.25, 0.3) is 0 Å². The number of fused-ring (bicyclic) bond motifs is 1. The molecule has 2 heterocycles. The molecule has 5 rings (SSSR count). The van der Waals surface area contributed by atoms with E-state index >= 15 is 0 Å². The van der Waals surface area contributed by atoms with Gasteiger partial charge in [0, 0.05) is 17.1 Å². The van der Waals surface area contributed by atoms with Gasteiger partial charge in [0.15, 0.2) is 6.10 Å².